The minimum Gasteiger partial charge on any atom is -0.243 e. The van der Waals surface area contributed by atoms with E-state index < -0.39 is 11.7 Å². The fraction of sp³-hybridized carbons (Fsp3) is 0.231. The van der Waals surface area contributed by atoms with Gasteiger partial charge in [0.15, 0.2) is 12.5 Å². The first-order valence-corrected chi connectivity index (χ1v) is 7.41. The lowest BCUT2D eigenvalue weighted by Crippen LogP contribution is -2.05. The van der Waals surface area contributed by atoms with Crippen molar-refractivity contribution in [3.05, 3.63) is 39.9 Å². The van der Waals surface area contributed by atoms with Gasteiger partial charge in [-0.1, -0.05) is 17.7 Å². The average Bonchev–Trinajstić information content (AvgIpc) is 3.10. The number of azo groups is 1. The van der Waals surface area contributed by atoms with Gasteiger partial charge in [0, 0.05) is 10.9 Å². The summed E-state index contributed by atoms with van der Waals surface area (Å²) in [5.41, 5.74) is 0.212. The summed E-state index contributed by atoms with van der Waals surface area (Å²) in [5.74, 6) is 0.573. The van der Waals surface area contributed by atoms with Crippen LogP contribution in [0.15, 0.2) is 38.8 Å². The van der Waals surface area contributed by atoms with Gasteiger partial charge >= 0.3 is 6.18 Å². The van der Waals surface area contributed by atoms with Gasteiger partial charge in [0.2, 0.25) is 0 Å². The number of hydrogen-bond acceptors (Lipinski definition) is 5. The molecule has 0 atom stereocenters. The molecule has 0 fully saturated rings. The highest BCUT2D eigenvalue weighted by Crippen LogP contribution is 2.37. The van der Waals surface area contributed by atoms with Crippen molar-refractivity contribution in [1.82, 2.24) is 4.98 Å². The Balaban J connectivity index is 1.88. The molecule has 1 aliphatic heterocycles. The third-order valence-corrected chi connectivity index (χ3v) is 4.18. The van der Waals surface area contributed by atoms with Crippen LogP contribution in [0.5, 0.6) is 0 Å². The maximum atomic E-state index is 12.9. The molecule has 0 saturated heterocycles. The standard InChI is InChI=1S/C13H8ClF3N4S/c14-10-2-1-7(3-9(10)13(15,16)17)12-20-8(5-22-12)4-11-18-6-19-21-11/h1-3,5H,4,6H2. The number of nitrogens with zero attached hydrogens (tertiary/aromatic N) is 4. The summed E-state index contributed by atoms with van der Waals surface area (Å²) in [6.07, 6.45) is -4.08. The second-order valence-corrected chi connectivity index (χ2v) is 5.74. The number of hydrogen-bond donors (Lipinski definition) is 0. The number of aromatic nitrogens is 1. The SMILES string of the molecule is FC(F)(F)c1cc(-c2nc(CC3=NCN=N3)cs2)ccc1Cl. The van der Waals surface area contributed by atoms with E-state index in [0.717, 1.165) is 6.07 Å². The van der Waals surface area contributed by atoms with E-state index in [1.54, 1.807) is 5.38 Å². The van der Waals surface area contributed by atoms with E-state index in [2.05, 4.69) is 20.2 Å². The summed E-state index contributed by atoms with van der Waals surface area (Å²) in [4.78, 5) is 8.38. The van der Waals surface area contributed by atoms with E-state index in [-0.39, 0.29) is 5.02 Å². The van der Waals surface area contributed by atoms with Crippen LogP contribution in [0.3, 0.4) is 0 Å². The minimum atomic E-state index is -4.49. The molecule has 1 aromatic carbocycles. The summed E-state index contributed by atoms with van der Waals surface area (Å²) in [6, 6.07) is 3.76. The smallest absolute Gasteiger partial charge is 0.243 e. The Labute approximate surface area is 132 Å². The monoisotopic (exact) mass is 344 g/mol. The molecule has 0 N–H and O–H groups in total. The van der Waals surface area contributed by atoms with Crippen LogP contribution in [-0.4, -0.2) is 17.5 Å². The van der Waals surface area contributed by atoms with Gasteiger partial charge in [-0.05, 0) is 12.1 Å². The van der Waals surface area contributed by atoms with Crippen molar-refractivity contribution >= 4 is 28.8 Å². The van der Waals surface area contributed by atoms with Gasteiger partial charge in [0.25, 0.3) is 0 Å². The topological polar surface area (TPSA) is 50.0 Å². The van der Waals surface area contributed by atoms with E-state index >= 15 is 0 Å². The number of aliphatic imine (C=N–C) groups is 1. The first-order chi connectivity index (χ1) is 10.4. The Kier molecular flexibility index (Phi) is 3.96. The number of rotatable bonds is 3. The second-order valence-electron chi connectivity index (χ2n) is 4.47. The summed E-state index contributed by atoms with van der Waals surface area (Å²) in [7, 11) is 0. The van der Waals surface area contributed by atoms with Crippen LogP contribution in [-0.2, 0) is 12.6 Å². The normalized spacial score (nSPS) is 14.5. The van der Waals surface area contributed by atoms with Crippen LogP contribution < -0.4 is 0 Å². The Bertz CT molecular complexity index is 767. The molecule has 1 aromatic heterocycles. The van der Waals surface area contributed by atoms with E-state index in [0.29, 0.717) is 35.2 Å². The quantitative estimate of drug-likeness (QED) is 0.785. The first-order valence-electron chi connectivity index (χ1n) is 6.16. The molecular weight excluding hydrogens is 337 g/mol. The van der Waals surface area contributed by atoms with Crippen molar-refractivity contribution in [3.8, 4) is 10.6 Å². The lowest BCUT2D eigenvalue weighted by atomic mass is 10.1. The highest BCUT2D eigenvalue weighted by atomic mass is 35.5. The molecular formula is C13H8ClF3N4S. The van der Waals surface area contributed by atoms with Crippen molar-refractivity contribution in [2.45, 2.75) is 12.6 Å². The van der Waals surface area contributed by atoms with Crippen molar-refractivity contribution in [2.24, 2.45) is 15.2 Å². The maximum absolute atomic E-state index is 12.9. The summed E-state index contributed by atoms with van der Waals surface area (Å²) >= 11 is 6.87. The first kappa shape index (κ1) is 15.1. The molecule has 0 aliphatic carbocycles. The Morgan fingerprint density at radius 2 is 2.09 bits per heavy atom. The van der Waals surface area contributed by atoms with Gasteiger partial charge < -0.3 is 0 Å². The summed E-state index contributed by atoms with van der Waals surface area (Å²) < 4.78 is 38.6. The van der Waals surface area contributed by atoms with E-state index in [1.165, 1.54) is 23.5 Å². The molecule has 0 radical (unpaired) electrons. The van der Waals surface area contributed by atoms with Crippen LogP contribution >= 0.6 is 22.9 Å². The van der Waals surface area contributed by atoms with E-state index in [9.17, 15) is 13.2 Å². The molecule has 22 heavy (non-hydrogen) atoms. The van der Waals surface area contributed by atoms with Crippen LogP contribution in [0.25, 0.3) is 10.6 Å². The van der Waals surface area contributed by atoms with Gasteiger partial charge in [-0.15, -0.1) is 16.5 Å². The van der Waals surface area contributed by atoms with Gasteiger partial charge in [0.05, 0.1) is 22.7 Å². The third-order valence-electron chi connectivity index (χ3n) is 2.91. The van der Waals surface area contributed by atoms with E-state index in [1.807, 2.05) is 0 Å². The van der Waals surface area contributed by atoms with E-state index in [4.69, 9.17) is 11.6 Å². The van der Waals surface area contributed by atoms with Crippen LogP contribution in [0.2, 0.25) is 5.02 Å². The van der Waals surface area contributed by atoms with Crippen LogP contribution in [0, 0.1) is 0 Å². The number of halogens is 4. The molecule has 4 nitrogen and oxygen atoms in total. The molecule has 0 saturated carbocycles. The van der Waals surface area contributed by atoms with Gasteiger partial charge in [-0.25, -0.2) is 9.98 Å². The molecule has 0 bridgehead atoms. The molecule has 0 unspecified atom stereocenters. The van der Waals surface area contributed by atoms with Crippen molar-refractivity contribution in [3.63, 3.8) is 0 Å². The summed E-state index contributed by atoms with van der Waals surface area (Å²) in [6.45, 7) is 0.318. The molecule has 0 amide bonds. The molecule has 2 aromatic rings. The highest BCUT2D eigenvalue weighted by Gasteiger charge is 2.33. The zero-order chi connectivity index (χ0) is 15.7. The Morgan fingerprint density at radius 1 is 1.27 bits per heavy atom. The van der Waals surface area contributed by atoms with Crippen molar-refractivity contribution < 1.29 is 13.2 Å². The van der Waals surface area contributed by atoms with Gasteiger partial charge in [0.1, 0.15) is 5.01 Å². The number of thiazole rings is 1. The third kappa shape index (κ3) is 3.17. The molecule has 3 rings (SSSR count). The largest absolute Gasteiger partial charge is 0.417 e. The summed E-state index contributed by atoms with van der Waals surface area (Å²) in [5, 5.41) is 9.52. The minimum absolute atomic E-state index is 0.318. The zero-order valence-corrected chi connectivity index (χ0v) is 12.5. The van der Waals surface area contributed by atoms with Crippen molar-refractivity contribution in [1.29, 1.82) is 0 Å². The molecule has 2 heterocycles. The van der Waals surface area contributed by atoms with Gasteiger partial charge in [-0.2, -0.15) is 18.3 Å². The fourth-order valence-electron chi connectivity index (χ4n) is 1.91. The number of alkyl halides is 3. The second kappa shape index (κ2) is 5.77. The Morgan fingerprint density at radius 3 is 2.77 bits per heavy atom. The lowest BCUT2D eigenvalue weighted by Gasteiger charge is -2.09. The molecule has 1 aliphatic rings. The van der Waals surface area contributed by atoms with Gasteiger partial charge in [-0.3, -0.25) is 0 Å². The average molecular weight is 345 g/mol. The maximum Gasteiger partial charge on any atom is 0.417 e. The lowest BCUT2D eigenvalue weighted by molar-refractivity contribution is -0.137. The zero-order valence-electron chi connectivity index (χ0n) is 10.9. The number of amidine groups is 1. The molecule has 9 heteroatoms. The Hall–Kier alpha value is -1.80. The fourth-order valence-corrected chi connectivity index (χ4v) is 2.95. The number of benzene rings is 1. The highest BCUT2D eigenvalue weighted by molar-refractivity contribution is 7.13. The predicted octanol–water partition coefficient (Wildman–Crippen LogP) is 4.85. The molecule has 0 spiro atoms. The predicted molar refractivity (Wildman–Crippen MR) is 78.4 cm³/mol. The van der Waals surface area contributed by atoms with Crippen LogP contribution in [0.4, 0.5) is 13.2 Å². The van der Waals surface area contributed by atoms with Crippen LogP contribution in [0.1, 0.15) is 11.3 Å². The molecule has 114 valence electrons. The van der Waals surface area contributed by atoms with Crippen molar-refractivity contribution in [2.75, 3.05) is 6.67 Å².